The zero-order valence-corrected chi connectivity index (χ0v) is 12.5. The van der Waals surface area contributed by atoms with Crippen molar-refractivity contribution in [2.75, 3.05) is 19.0 Å². The molecule has 0 aliphatic carbocycles. The van der Waals surface area contributed by atoms with Crippen LogP contribution < -0.4 is 10.1 Å². The first kappa shape index (κ1) is 14.3. The van der Waals surface area contributed by atoms with Crippen LogP contribution in [0.3, 0.4) is 0 Å². The molecule has 5 nitrogen and oxygen atoms in total. The van der Waals surface area contributed by atoms with E-state index in [1.807, 2.05) is 17.6 Å². The second kappa shape index (κ2) is 6.01. The number of nitrogens with zero attached hydrogens (tertiary/aromatic N) is 3. The number of nitrogens with one attached hydrogen (secondary N) is 1. The monoisotopic (exact) mass is 300 g/mol. The third-order valence-corrected chi connectivity index (χ3v) is 3.62. The van der Waals surface area contributed by atoms with Gasteiger partial charge in [-0.25, -0.2) is 14.4 Å². The van der Waals surface area contributed by atoms with E-state index in [0.29, 0.717) is 24.2 Å². The second-order valence-electron chi connectivity index (χ2n) is 4.97. The number of aryl methyl sites for hydroxylation is 1. The number of ether oxygens (including phenoxy) is 1. The molecule has 0 spiro atoms. The number of aromatic nitrogens is 3. The maximum atomic E-state index is 14.0. The predicted molar refractivity (Wildman–Crippen MR) is 83.7 cm³/mol. The van der Waals surface area contributed by atoms with Crippen LogP contribution in [0.15, 0.2) is 36.8 Å². The molecule has 1 aromatic carbocycles. The summed E-state index contributed by atoms with van der Waals surface area (Å²) in [4.78, 5) is 7.99. The Bertz CT molecular complexity index is 786. The third-order valence-electron chi connectivity index (χ3n) is 3.62. The van der Waals surface area contributed by atoms with Gasteiger partial charge in [0.05, 0.1) is 12.6 Å². The maximum absolute atomic E-state index is 14.0. The molecule has 0 aliphatic rings. The zero-order valence-electron chi connectivity index (χ0n) is 12.5. The Kier molecular flexibility index (Phi) is 3.91. The van der Waals surface area contributed by atoms with Crippen molar-refractivity contribution in [1.82, 2.24) is 14.5 Å². The van der Waals surface area contributed by atoms with Gasteiger partial charge in [-0.2, -0.15) is 0 Å². The highest BCUT2D eigenvalue weighted by Crippen LogP contribution is 2.30. The van der Waals surface area contributed by atoms with Crippen LogP contribution in [0.5, 0.6) is 5.75 Å². The molecule has 0 aliphatic heterocycles. The normalized spacial score (nSPS) is 10.9. The Morgan fingerprint density at radius 2 is 2.18 bits per heavy atom. The molecule has 0 bridgehead atoms. The van der Waals surface area contributed by atoms with Gasteiger partial charge in [0.1, 0.15) is 23.7 Å². The van der Waals surface area contributed by atoms with Gasteiger partial charge < -0.3 is 14.6 Å². The van der Waals surface area contributed by atoms with Gasteiger partial charge in [0, 0.05) is 30.4 Å². The number of fused-ring (bicyclic) bond motifs is 1. The lowest BCUT2D eigenvalue weighted by Gasteiger charge is -2.12. The fourth-order valence-corrected chi connectivity index (χ4v) is 2.59. The summed E-state index contributed by atoms with van der Waals surface area (Å²) in [6.07, 6.45) is 3.18. The van der Waals surface area contributed by atoms with E-state index in [0.717, 1.165) is 17.0 Å². The van der Waals surface area contributed by atoms with Crippen LogP contribution in [0, 0.1) is 12.7 Å². The minimum absolute atomic E-state index is 0.235. The van der Waals surface area contributed by atoms with Crippen molar-refractivity contribution in [3.8, 4) is 5.75 Å². The molecule has 0 fully saturated rings. The van der Waals surface area contributed by atoms with Gasteiger partial charge in [0.2, 0.25) is 0 Å². The molecular weight excluding hydrogens is 283 g/mol. The molecule has 0 amide bonds. The molecule has 2 aromatic heterocycles. The van der Waals surface area contributed by atoms with Gasteiger partial charge in [-0.15, -0.1) is 0 Å². The molecule has 3 aromatic rings. The fourth-order valence-electron chi connectivity index (χ4n) is 2.59. The van der Waals surface area contributed by atoms with Crippen LogP contribution >= 0.6 is 0 Å². The van der Waals surface area contributed by atoms with E-state index < -0.39 is 0 Å². The molecule has 114 valence electrons. The van der Waals surface area contributed by atoms with Crippen molar-refractivity contribution >= 4 is 16.7 Å². The third kappa shape index (κ3) is 2.59. The lowest BCUT2D eigenvalue weighted by atomic mass is 10.2. The largest absolute Gasteiger partial charge is 0.495 e. The number of benzene rings is 1. The molecule has 0 saturated heterocycles. The topological polar surface area (TPSA) is 52.0 Å². The van der Waals surface area contributed by atoms with Crippen LogP contribution in [0.1, 0.15) is 5.69 Å². The van der Waals surface area contributed by atoms with E-state index in [1.165, 1.54) is 12.4 Å². The average molecular weight is 300 g/mol. The summed E-state index contributed by atoms with van der Waals surface area (Å²) in [7, 11) is 1.60. The van der Waals surface area contributed by atoms with E-state index in [-0.39, 0.29) is 5.82 Å². The summed E-state index contributed by atoms with van der Waals surface area (Å²) >= 11 is 0. The van der Waals surface area contributed by atoms with Crippen molar-refractivity contribution in [3.63, 3.8) is 0 Å². The highest BCUT2D eigenvalue weighted by molar-refractivity contribution is 5.87. The number of rotatable bonds is 5. The molecule has 0 unspecified atom stereocenters. The highest BCUT2D eigenvalue weighted by Gasteiger charge is 2.14. The number of methoxy groups -OCH3 is 1. The smallest absolute Gasteiger partial charge is 0.143 e. The Morgan fingerprint density at radius 3 is 2.91 bits per heavy atom. The van der Waals surface area contributed by atoms with Crippen LogP contribution in [0.4, 0.5) is 10.2 Å². The number of hydrogen-bond acceptors (Lipinski definition) is 4. The van der Waals surface area contributed by atoms with E-state index in [9.17, 15) is 4.39 Å². The number of hydrogen-bond donors (Lipinski definition) is 1. The van der Waals surface area contributed by atoms with Crippen molar-refractivity contribution in [3.05, 3.63) is 48.3 Å². The quantitative estimate of drug-likeness (QED) is 0.787. The number of anilines is 1. The van der Waals surface area contributed by atoms with Crippen molar-refractivity contribution < 1.29 is 9.13 Å². The maximum Gasteiger partial charge on any atom is 0.143 e. The van der Waals surface area contributed by atoms with Crippen LogP contribution in [0.2, 0.25) is 0 Å². The molecule has 2 heterocycles. The Hall–Kier alpha value is -2.63. The summed E-state index contributed by atoms with van der Waals surface area (Å²) in [6.45, 7) is 3.31. The van der Waals surface area contributed by atoms with Gasteiger partial charge >= 0.3 is 0 Å². The van der Waals surface area contributed by atoms with E-state index >= 15 is 0 Å². The van der Waals surface area contributed by atoms with E-state index in [2.05, 4.69) is 15.3 Å². The van der Waals surface area contributed by atoms with Crippen molar-refractivity contribution in [2.45, 2.75) is 13.5 Å². The van der Waals surface area contributed by atoms with Gasteiger partial charge in [-0.05, 0) is 31.2 Å². The summed E-state index contributed by atoms with van der Waals surface area (Å²) in [5.74, 6) is 1.20. The molecule has 0 saturated carbocycles. The van der Waals surface area contributed by atoms with Crippen molar-refractivity contribution in [2.24, 2.45) is 0 Å². The Labute approximate surface area is 127 Å². The Morgan fingerprint density at radius 1 is 1.32 bits per heavy atom. The summed E-state index contributed by atoms with van der Waals surface area (Å²) in [6, 6.07) is 6.74. The highest BCUT2D eigenvalue weighted by atomic mass is 19.1. The van der Waals surface area contributed by atoms with Crippen LogP contribution in [0.25, 0.3) is 10.9 Å². The minimum Gasteiger partial charge on any atom is -0.495 e. The molecule has 1 N–H and O–H groups in total. The standard InChI is InChI=1S/C16H17FN4O/c1-11-9-12-13(17)3-4-14(22-2)16(12)21(11)8-7-19-15-5-6-18-10-20-15/h3-6,9-10H,7-8H2,1-2H3,(H,18,19,20). The average Bonchev–Trinajstić information content (AvgIpc) is 2.87. The van der Waals surface area contributed by atoms with E-state index in [1.54, 1.807) is 25.4 Å². The SMILES string of the molecule is COc1ccc(F)c2cc(C)n(CCNc3ccncn3)c12. The molecule has 6 heteroatoms. The summed E-state index contributed by atoms with van der Waals surface area (Å²) < 4.78 is 21.4. The lowest BCUT2D eigenvalue weighted by Crippen LogP contribution is -2.12. The molecular formula is C16H17FN4O. The van der Waals surface area contributed by atoms with Crippen LogP contribution in [-0.4, -0.2) is 28.2 Å². The number of halogens is 1. The molecule has 3 rings (SSSR count). The second-order valence-corrected chi connectivity index (χ2v) is 4.97. The van der Waals surface area contributed by atoms with E-state index in [4.69, 9.17) is 4.74 Å². The molecule has 0 atom stereocenters. The lowest BCUT2D eigenvalue weighted by molar-refractivity contribution is 0.416. The van der Waals surface area contributed by atoms with Crippen LogP contribution in [-0.2, 0) is 6.54 Å². The summed E-state index contributed by atoms with van der Waals surface area (Å²) in [5.41, 5.74) is 1.77. The zero-order chi connectivity index (χ0) is 15.5. The van der Waals surface area contributed by atoms with Crippen molar-refractivity contribution in [1.29, 1.82) is 0 Å². The first-order valence-corrected chi connectivity index (χ1v) is 7.03. The van der Waals surface area contributed by atoms with Gasteiger partial charge in [-0.3, -0.25) is 0 Å². The Balaban J connectivity index is 1.87. The summed E-state index contributed by atoms with van der Waals surface area (Å²) in [5, 5.41) is 3.80. The fraction of sp³-hybridized carbons (Fsp3) is 0.250. The van der Waals surface area contributed by atoms with Gasteiger partial charge in [-0.1, -0.05) is 0 Å². The van der Waals surface area contributed by atoms with Gasteiger partial charge in [0.25, 0.3) is 0 Å². The molecule has 22 heavy (non-hydrogen) atoms. The van der Waals surface area contributed by atoms with Gasteiger partial charge in [0.15, 0.2) is 0 Å². The first-order chi connectivity index (χ1) is 10.7. The first-order valence-electron chi connectivity index (χ1n) is 7.03. The minimum atomic E-state index is -0.235. The predicted octanol–water partition coefficient (Wildman–Crippen LogP) is 3.00. The molecule has 0 radical (unpaired) electrons.